The second-order valence-corrected chi connectivity index (χ2v) is 21.8. The molecule has 3 aliphatic rings. The van der Waals surface area contributed by atoms with E-state index in [4.69, 9.17) is 0 Å². The van der Waals surface area contributed by atoms with Gasteiger partial charge in [0.15, 0.2) is 11.8 Å². The van der Waals surface area contributed by atoms with Gasteiger partial charge in [0.1, 0.15) is 0 Å². The van der Waals surface area contributed by atoms with E-state index in [9.17, 15) is 8.42 Å². The number of benzene rings is 5. The summed E-state index contributed by atoms with van der Waals surface area (Å²) in [5.41, 5.74) is 8.61. The summed E-state index contributed by atoms with van der Waals surface area (Å²) in [7, 11) is -3.85. The van der Waals surface area contributed by atoms with Crippen molar-refractivity contribution in [3.05, 3.63) is 157 Å². The Labute approximate surface area is 374 Å². The number of anilines is 1. The zero-order valence-corrected chi connectivity index (χ0v) is 40.2. The largest absolute Gasteiger partial charge is 0.341 e. The number of allylic oxidation sites excluding steroid dienone is 7. The molecule has 0 N–H and O–H groups in total. The molecule has 0 aromatic heterocycles. The van der Waals surface area contributed by atoms with Crippen molar-refractivity contribution in [2.24, 2.45) is 0 Å². The average molecular weight is 946 g/mol. The molecule has 2 unspecified atom stereocenters. The first-order chi connectivity index (χ1) is 28.6. The summed E-state index contributed by atoms with van der Waals surface area (Å²) in [5, 5.41) is 4.92. The van der Waals surface area contributed by atoms with Crippen LogP contribution >= 0.6 is 31.9 Å². The van der Waals surface area contributed by atoms with Gasteiger partial charge in [-0.1, -0.05) is 115 Å². The van der Waals surface area contributed by atoms with Crippen LogP contribution in [0.3, 0.4) is 0 Å². The van der Waals surface area contributed by atoms with Crippen LogP contribution in [0, 0.1) is 0 Å². The van der Waals surface area contributed by atoms with E-state index in [2.05, 4.69) is 182 Å². The van der Waals surface area contributed by atoms with E-state index in [0.29, 0.717) is 22.6 Å². The molecule has 2 aliphatic heterocycles. The van der Waals surface area contributed by atoms with Gasteiger partial charge in [-0.3, -0.25) is 0 Å². The summed E-state index contributed by atoms with van der Waals surface area (Å²) in [6.07, 6.45) is 14.3. The fourth-order valence-electron chi connectivity index (χ4n) is 10.5. The third-order valence-electron chi connectivity index (χ3n) is 13.2. The number of nitrogens with zero attached hydrogens (tertiary/aromatic N) is 2. The predicted molar refractivity (Wildman–Crippen MR) is 261 cm³/mol. The van der Waals surface area contributed by atoms with Crippen molar-refractivity contribution >= 4 is 80.3 Å². The normalized spacial score (nSPS) is 19.7. The highest BCUT2D eigenvalue weighted by Crippen LogP contribution is 2.53. The first kappa shape index (κ1) is 42.6. The molecule has 0 spiro atoms. The predicted octanol–water partition coefficient (Wildman–Crippen LogP) is 15.0. The van der Waals surface area contributed by atoms with Gasteiger partial charge in [0.2, 0.25) is 15.5 Å². The van der Waals surface area contributed by atoms with E-state index in [0.717, 1.165) is 45.8 Å². The van der Waals surface area contributed by atoms with Crippen molar-refractivity contribution in [2.45, 2.75) is 122 Å². The third kappa shape index (κ3) is 7.20. The van der Waals surface area contributed by atoms with Gasteiger partial charge in [0.25, 0.3) is 0 Å². The lowest BCUT2D eigenvalue weighted by molar-refractivity contribution is -0.478. The Balaban J connectivity index is 1.29. The number of halogens is 2. The topological polar surface area (TPSA) is 40.4 Å². The summed E-state index contributed by atoms with van der Waals surface area (Å²) in [6.45, 7) is 18.4. The van der Waals surface area contributed by atoms with E-state index in [1.165, 1.54) is 55.5 Å². The maximum Gasteiger partial charge on any atom is 0.210 e. The van der Waals surface area contributed by atoms with Gasteiger partial charge in [-0.05, 0) is 146 Å². The van der Waals surface area contributed by atoms with Gasteiger partial charge >= 0.3 is 0 Å². The Kier molecular flexibility index (Phi) is 11.6. The molecular formula is C53H57Br2N2O2S+. The third-order valence-corrected chi connectivity index (χ3v) is 16.2. The van der Waals surface area contributed by atoms with E-state index >= 15 is 0 Å². The summed E-state index contributed by atoms with van der Waals surface area (Å²) in [5.74, 6) is 0. The second kappa shape index (κ2) is 16.3. The van der Waals surface area contributed by atoms with Crippen molar-refractivity contribution in [1.29, 1.82) is 0 Å². The van der Waals surface area contributed by atoms with Crippen molar-refractivity contribution in [1.82, 2.24) is 0 Å². The lowest BCUT2D eigenvalue weighted by Crippen LogP contribution is -2.33. The van der Waals surface area contributed by atoms with Crippen LogP contribution in [0.1, 0.15) is 105 Å². The molecule has 4 nitrogen and oxygen atoms in total. The van der Waals surface area contributed by atoms with Gasteiger partial charge in [-0.15, -0.1) is 0 Å². The minimum absolute atomic E-state index is 0.269. The summed E-state index contributed by atoms with van der Waals surface area (Å²) < 4.78 is 34.5. The number of fused-ring (bicyclic) bond motifs is 6. The Morgan fingerprint density at radius 3 is 2.02 bits per heavy atom. The Morgan fingerprint density at radius 1 is 0.733 bits per heavy atom. The number of hydrogen-bond donors (Lipinski definition) is 0. The molecule has 5 aromatic carbocycles. The minimum atomic E-state index is -3.85. The second-order valence-electron chi connectivity index (χ2n) is 18.0. The van der Waals surface area contributed by atoms with Gasteiger partial charge < -0.3 is 4.90 Å². The van der Waals surface area contributed by atoms with Gasteiger partial charge in [0.05, 0.1) is 15.2 Å². The van der Waals surface area contributed by atoms with Crippen LogP contribution in [-0.4, -0.2) is 30.8 Å². The molecule has 0 fully saturated rings. The quantitative estimate of drug-likeness (QED) is 0.124. The van der Waals surface area contributed by atoms with Crippen molar-refractivity contribution in [2.75, 3.05) is 4.90 Å². The van der Waals surface area contributed by atoms with Crippen LogP contribution < -0.4 is 4.90 Å². The molecule has 5 aromatic rings. The molecule has 8 rings (SSSR count). The van der Waals surface area contributed by atoms with E-state index < -0.39 is 9.84 Å². The van der Waals surface area contributed by atoms with Crippen molar-refractivity contribution in [3.8, 4) is 0 Å². The van der Waals surface area contributed by atoms with Gasteiger partial charge in [0, 0.05) is 55.9 Å². The van der Waals surface area contributed by atoms with Gasteiger partial charge in [-0.2, -0.15) is 4.58 Å². The fraction of sp³-hybridized carbons (Fsp3) is 0.340. The van der Waals surface area contributed by atoms with Gasteiger partial charge in [-0.25, -0.2) is 8.42 Å². The first-order valence-corrected chi connectivity index (χ1v) is 24.7. The summed E-state index contributed by atoms with van der Waals surface area (Å²) in [4.78, 5) is 3.29. The molecule has 0 bridgehead atoms. The molecule has 0 saturated carbocycles. The first-order valence-electron chi connectivity index (χ1n) is 21.7. The summed E-state index contributed by atoms with van der Waals surface area (Å²) >= 11 is 7.38. The highest BCUT2D eigenvalue weighted by molar-refractivity contribution is 9.10. The zero-order chi connectivity index (χ0) is 42.7. The van der Waals surface area contributed by atoms with E-state index in [1.54, 1.807) is 12.1 Å². The monoisotopic (exact) mass is 943 g/mol. The molecule has 2 atom stereocenters. The molecule has 310 valence electrons. The Morgan fingerprint density at radius 2 is 1.37 bits per heavy atom. The van der Waals surface area contributed by atoms with Crippen LogP contribution in [0.15, 0.2) is 151 Å². The summed E-state index contributed by atoms with van der Waals surface area (Å²) in [6, 6.07) is 31.7. The maximum absolute atomic E-state index is 14.9. The van der Waals surface area contributed by atoms with Crippen molar-refractivity contribution < 1.29 is 13.0 Å². The Bertz CT molecular complexity index is 2810. The SMILES string of the molecule is CCCC(C)N1C(=CC=C2CCC(C=CC3=[N+](C(C)CCC)c4ccc5cc(Br)ccc5c4C3(C)C)=C2S(=O)(=O)c2ccccc2)C(C)(C)c2c1ccc1cc(Br)ccc21. The Hall–Kier alpha value is -4.04. The minimum Gasteiger partial charge on any atom is -0.341 e. The molecular weight excluding hydrogens is 888 g/mol. The smallest absolute Gasteiger partial charge is 0.210 e. The molecule has 0 radical (unpaired) electrons. The van der Waals surface area contributed by atoms with E-state index in [-0.39, 0.29) is 22.9 Å². The molecule has 1 aliphatic carbocycles. The highest BCUT2D eigenvalue weighted by Gasteiger charge is 2.47. The fourth-order valence-corrected chi connectivity index (χ4v) is 13.0. The lowest BCUT2D eigenvalue weighted by Gasteiger charge is -2.32. The number of hydrogen-bond acceptors (Lipinski definition) is 3. The maximum atomic E-state index is 14.9. The van der Waals surface area contributed by atoms with Crippen LogP contribution in [0.4, 0.5) is 11.4 Å². The van der Waals surface area contributed by atoms with Crippen molar-refractivity contribution in [3.63, 3.8) is 0 Å². The molecule has 2 heterocycles. The average Bonchev–Trinajstić information content (AvgIpc) is 3.81. The van der Waals surface area contributed by atoms with Crippen LogP contribution in [0.5, 0.6) is 0 Å². The van der Waals surface area contributed by atoms with Crippen LogP contribution in [0.2, 0.25) is 0 Å². The molecule has 0 amide bonds. The van der Waals surface area contributed by atoms with E-state index in [1.807, 2.05) is 18.2 Å². The highest BCUT2D eigenvalue weighted by atomic mass is 79.9. The number of sulfone groups is 1. The number of rotatable bonds is 11. The molecule has 60 heavy (non-hydrogen) atoms. The molecule has 0 saturated heterocycles. The standard InChI is InChI=1S/C53H57Br2N2O2S/c1-9-14-34(3)56-45-28-20-38-32-40(54)24-26-43(38)49(45)52(5,6)47(56)30-22-36-18-19-37(51(36)60(58,59)42-16-12-11-13-17-42)23-31-48-53(7,8)50-44-27-25-41(55)33-39(44)21-29-46(50)57(48)35(4)15-10-2/h11-13,16-17,20-35H,9-10,14-15,18-19H2,1-8H3/q+1. The molecule has 7 heteroatoms. The van der Waals surface area contributed by atoms with Crippen LogP contribution in [-0.2, 0) is 20.7 Å². The van der Waals surface area contributed by atoms with Crippen LogP contribution in [0.25, 0.3) is 21.5 Å². The zero-order valence-electron chi connectivity index (χ0n) is 36.2. The lowest BCUT2D eigenvalue weighted by atomic mass is 9.79.